The topological polar surface area (TPSA) is 3.24 Å². The Labute approximate surface area is 77.1 Å². The standard InChI is InChI=1S/C11H23N/c1-10(2)8-6-7-9-12(5)11(10,3)4/h6-9H2,1-5H3. The Balaban J connectivity index is 2.86. The van der Waals surface area contributed by atoms with Crippen LogP contribution in [0.5, 0.6) is 0 Å². The van der Waals surface area contributed by atoms with Crippen molar-refractivity contribution in [1.29, 1.82) is 0 Å². The molecule has 0 aromatic carbocycles. The zero-order valence-electron chi connectivity index (χ0n) is 9.28. The highest BCUT2D eigenvalue weighted by atomic mass is 15.2. The summed E-state index contributed by atoms with van der Waals surface area (Å²) in [7, 11) is 2.26. The van der Waals surface area contributed by atoms with E-state index in [1.165, 1.54) is 25.8 Å². The van der Waals surface area contributed by atoms with Gasteiger partial charge in [0.15, 0.2) is 0 Å². The van der Waals surface area contributed by atoms with Crippen LogP contribution in [0.2, 0.25) is 0 Å². The largest absolute Gasteiger partial charge is 0.301 e. The van der Waals surface area contributed by atoms with Gasteiger partial charge in [-0.1, -0.05) is 20.3 Å². The molecule has 0 bridgehead atoms. The smallest absolute Gasteiger partial charge is 0.0201 e. The Hall–Kier alpha value is -0.0400. The Morgan fingerprint density at radius 2 is 1.58 bits per heavy atom. The average Bonchev–Trinajstić information content (AvgIpc) is 2.02. The molecule has 0 aromatic heterocycles. The summed E-state index contributed by atoms with van der Waals surface area (Å²) in [5, 5.41) is 0. The number of hydrogen-bond donors (Lipinski definition) is 0. The van der Waals surface area contributed by atoms with Crippen molar-refractivity contribution >= 4 is 0 Å². The molecule has 1 fully saturated rings. The molecule has 1 heterocycles. The zero-order valence-corrected chi connectivity index (χ0v) is 9.28. The minimum atomic E-state index is 0.351. The van der Waals surface area contributed by atoms with Crippen LogP contribution in [0.1, 0.15) is 47.0 Å². The summed E-state index contributed by atoms with van der Waals surface area (Å²) >= 11 is 0. The summed E-state index contributed by atoms with van der Waals surface area (Å²) in [6, 6.07) is 0. The molecule has 0 spiro atoms. The molecule has 0 aromatic rings. The minimum absolute atomic E-state index is 0.351. The van der Waals surface area contributed by atoms with Crippen LogP contribution in [0, 0.1) is 5.41 Å². The normalized spacial score (nSPS) is 29.8. The molecule has 0 saturated carbocycles. The second-order valence-corrected chi connectivity index (χ2v) is 5.32. The second-order valence-electron chi connectivity index (χ2n) is 5.32. The molecule has 12 heavy (non-hydrogen) atoms. The summed E-state index contributed by atoms with van der Waals surface area (Å²) in [5.74, 6) is 0. The van der Waals surface area contributed by atoms with Gasteiger partial charge in [0, 0.05) is 5.54 Å². The Morgan fingerprint density at radius 3 is 2.17 bits per heavy atom. The van der Waals surface area contributed by atoms with Gasteiger partial charge in [0.25, 0.3) is 0 Å². The van der Waals surface area contributed by atoms with Crippen molar-refractivity contribution in [2.45, 2.75) is 52.5 Å². The molecule has 0 N–H and O–H groups in total. The van der Waals surface area contributed by atoms with Crippen LogP contribution in [0.25, 0.3) is 0 Å². The van der Waals surface area contributed by atoms with Crippen molar-refractivity contribution in [2.75, 3.05) is 13.6 Å². The Morgan fingerprint density at radius 1 is 1.00 bits per heavy atom. The van der Waals surface area contributed by atoms with Crippen molar-refractivity contribution in [1.82, 2.24) is 4.90 Å². The molecular formula is C11H23N. The van der Waals surface area contributed by atoms with Gasteiger partial charge in [-0.2, -0.15) is 0 Å². The average molecular weight is 169 g/mol. The fourth-order valence-corrected chi connectivity index (χ4v) is 2.02. The predicted octanol–water partition coefficient (Wildman–Crippen LogP) is 2.91. The van der Waals surface area contributed by atoms with Crippen molar-refractivity contribution in [3.63, 3.8) is 0 Å². The molecule has 1 aliphatic heterocycles. The molecule has 0 radical (unpaired) electrons. The highest BCUT2D eigenvalue weighted by Gasteiger charge is 2.40. The molecule has 0 aliphatic carbocycles. The number of nitrogens with zero attached hydrogens (tertiary/aromatic N) is 1. The van der Waals surface area contributed by atoms with Crippen LogP contribution in [0.4, 0.5) is 0 Å². The first kappa shape index (κ1) is 10.0. The molecule has 1 rings (SSSR count). The van der Waals surface area contributed by atoms with Crippen LogP contribution in [-0.2, 0) is 0 Å². The van der Waals surface area contributed by atoms with E-state index >= 15 is 0 Å². The lowest BCUT2D eigenvalue weighted by Crippen LogP contribution is -2.50. The molecule has 0 amide bonds. The van der Waals surface area contributed by atoms with E-state index in [4.69, 9.17) is 0 Å². The fourth-order valence-electron chi connectivity index (χ4n) is 2.02. The van der Waals surface area contributed by atoms with Crippen molar-refractivity contribution in [3.8, 4) is 0 Å². The summed E-state index contributed by atoms with van der Waals surface area (Å²) < 4.78 is 0. The van der Waals surface area contributed by atoms with E-state index in [0.717, 1.165) is 0 Å². The quantitative estimate of drug-likeness (QED) is 0.539. The molecule has 72 valence electrons. The predicted molar refractivity (Wildman–Crippen MR) is 54.3 cm³/mol. The number of hydrogen-bond acceptors (Lipinski definition) is 1. The summed E-state index contributed by atoms with van der Waals surface area (Å²) in [4.78, 5) is 2.51. The van der Waals surface area contributed by atoms with Gasteiger partial charge in [-0.3, -0.25) is 0 Å². The molecule has 1 heteroatoms. The van der Waals surface area contributed by atoms with E-state index < -0.39 is 0 Å². The van der Waals surface area contributed by atoms with Crippen LogP contribution in [0.15, 0.2) is 0 Å². The number of likely N-dealkylation sites (tertiary alicyclic amines) is 1. The van der Waals surface area contributed by atoms with E-state index in [9.17, 15) is 0 Å². The van der Waals surface area contributed by atoms with Gasteiger partial charge in [0.1, 0.15) is 0 Å². The lowest BCUT2D eigenvalue weighted by atomic mass is 9.71. The molecule has 0 atom stereocenters. The monoisotopic (exact) mass is 169 g/mol. The lowest BCUT2D eigenvalue weighted by molar-refractivity contribution is 0.0425. The molecular weight excluding hydrogens is 146 g/mol. The molecule has 0 unspecified atom stereocenters. The Kier molecular flexibility index (Phi) is 2.53. The van der Waals surface area contributed by atoms with Gasteiger partial charge in [0.2, 0.25) is 0 Å². The van der Waals surface area contributed by atoms with Gasteiger partial charge < -0.3 is 4.90 Å². The fraction of sp³-hybridized carbons (Fsp3) is 1.00. The van der Waals surface area contributed by atoms with Gasteiger partial charge in [-0.15, -0.1) is 0 Å². The van der Waals surface area contributed by atoms with Crippen LogP contribution in [-0.4, -0.2) is 24.0 Å². The van der Waals surface area contributed by atoms with E-state index in [2.05, 4.69) is 39.6 Å². The molecule has 1 saturated heterocycles. The van der Waals surface area contributed by atoms with Gasteiger partial charge in [0.05, 0.1) is 0 Å². The van der Waals surface area contributed by atoms with Crippen LogP contribution < -0.4 is 0 Å². The van der Waals surface area contributed by atoms with E-state index in [1.807, 2.05) is 0 Å². The van der Waals surface area contributed by atoms with E-state index in [0.29, 0.717) is 11.0 Å². The maximum atomic E-state index is 2.51. The summed E-state index contributed by atoms with van der Waals surface area (Å²) in [5.41, 5.74) is 0.807. The van der Waals surface area contributed by atoms with Gasteiger partial charge >= 0.3 is 0 Å². The van der Waals surface area contributed by atoms with Crippen LogP contribution >= 0.6 is 0 Å². The lowest BCUT2D eigenvalue weighted by Gasteiger charge is -2.46. The van der Waals surface area contributed by atoms with E-state index in [1.54, 1.807) is 0 Å². The molecule has 1 aliphatic rings. The minimum Gasteiger partial charge on any atom is -0.301 e. The highest BCUT2D eigenvalue weighted by Crippen LogP contribution is 2.41. The first-order chi connectivity index (χ1) is 5.38. The maximum Gasteiger partial charge on any atom is 0.0201 e. The first-order valence-electron chi connectivity index (χ1n) is 5.09. The van der Waals surface area contributed by atoms with Gasteiger partial charge in [-0.25, -0.2) is 0 Å². The third-order valence-electron chi connectivity index (χ3n) is 4.16. The van der Waals surface area contributed by atoms with Crippen molar-refractivity contribution < 1.29 is 0 Å². The first-order valence-corrected chi connectivity index (χ1v) is 5.09. The van der Waals surface area contributed by atoms with Gasteiger partial charge in [-0.05, 0) is 45.7 Å². The number of rotatable bonds is 0. The Bertz CT molecular complexity index is 158. The van der Waals surface area contributed by atoms with Crippen LogP contribution in [0.3, 0.4) is 0 Å². The second kappa shape index (κ2) is 3.02. The third-order valence-corrected chi connectivity index (χ3v) is 4.16. The maximum absolute atomic E-state index is 2.51. The van der Waals surface area contributed by atoms with Crippen molar-refractivity contribution in [3.05, 3.63) is 0 Å². The highest BCUT2D eigenvalue weighted by molar-refractivity contribution is 4.95. The molecule has 1 nitrogen and oxygen atoms in total. The van der Waals surface area contributed by atoms with E-state index in [-0.39, 0.29) is 0 Å². The zero-order chi connectivity index (χ0) is 9.41. The SMILES string of the molecule is CN1CCCCC(C)(C)C1(C)C. The van der Waals surface area contributed by atoms with Crippen molar-refractivity contribution in [2.24, 2.45) is 5.41 Å². The summed E-state index contributed by atoms with van der Waals surface area (Å²) in [6.45, 7) is 10.8. The summed E-state index contributed by atoms with van der Waals surface area (Å²) in [6.07, 6.45) is 4.12. The third kappa shape index (κ3) is 1.52.